The summed E-state index contributed by atoms with van der Waals surface area (Å²) in [4.78, 5) is 31.8. The number of carbonyl (C=O) groups excluding carboxylic acids is 2. The Kier molecular flexibility index (Phi) is 6.64. The van der Waals surface area contributed by atoms with Gasteiger partial charge in [0, 0.05) is 45.0 Å². The van der Waals surface area contributed by atoms with Crippen LogP contribution in [0.25, 0.3) is 0 Å². The Morgan fingerprint density at radius 3 is 2.13 bits per heavy atom. The van der Waals surface area contributed by atoms with Gasteiger partial charge in [-0.2, -0.15) is 0 Å². The first kappa shape index (κ1) is 20.4. The molecule has 6 nitrogen and oxygen atoms in total. The second-order valence-corrected chi connectivity index (χ2v) is 8.05. The third-order valence-corrected chi connectivity index (χ3v) is 5.94. The lowest BCUT2D eigenvalue weighted by Crippen LogP contribution is -2.52. The summed E-state index contributed by atoms with van der Waals surface area (Å²) in [6.45, 7) is 5.01. The fourth-order valence-corrected chi connectivity index (χ4v) is 4.17. The molecule has 0 radical (unpaired) electrons. The van der Waals surface area contributed by atoms with Gasteiger partial charge < -0.3 is 15.1 Å². The molecule has 2 heterocycles. The number of anilines is 2. The first-order valence-corrected chi connectivity index (χ1v) is 10.9. The number of para-hydroxylation sites is 2. The van der Waals surface area contributed by atoms with Crippen molar-refractivity contribution in [1.29, 1.82) is 0 Å². The lowest BCUT2D eigenvalue weighted by Gasteiger charge is -2.36. The molecule has 2 aromatic rings. The molecule has 158 valence electrons. The van der Waals surface area contributed by atoms with E-state index < -0.39 is 0 Å². The molecule has 0 aliphatic carbocycles. The fourth-order valence-electron chi connectivity index (χ4n) is 4.17. The highest BCUT2D eigenvalue weighted by atomic mass is 16.2. The zero-order valence-corrected chi connectivity index (χ0v) is 17.4. The smallest absolute Gasteiger partial charge is 0.256 e. The van der Waals surface area contributed by atoms with Gasteiger partial charge in [-0.15, -0.1) is 0 Å². The van der Waals surface area contributed by atoms with E-state index in [1.54, 1.807) is 0 Å². The first-order chi connectivity index (χ1) is 14.7. The van der Waals surface area contributed by atoms with Crippen molar-refractivity contribution in [2.75, 3.05) is 51.1 Å². The van der Waals surface area contributed by atoms with Gasteiger partial charge in [0.2, 0.25) is 5.91 Å². The Hall–Kier alpha value is -2.86. The van der Waals surface area contributed by atoms with Crippen molar-refractivity contribution < 1.29 is 9.59 Å². The molecule has 1 N–H and O–H groups in total. The van der Waals surface area contributed by atoms with E-state index in [0.29, 0.717) is 25.2 Å². The van der Waals surface area contributed by atoms with Crippen molar-refractivity contribution >= 4 is 23.2 Å². The van der Waals surface area contributed by atoms with Crippen molar-refractivity contribution in [3.05, 3.63) is 60.2 Å². The number of carbonyl (C=O) groups is 2. The summed E-state index contributed by atoms with van der Waals surface area (Å²) in [5, 5.41) is 3.36. The second-order valence-electron chi connectivity index (χ2n) is 8.05. The lowest BCUT2D eigenvalue weighted by atomic mass is 10.1. The van der Waals surface area contributed by atoms with Crippen LogP contribution in [0, 0.1) is 0 Å². The van der Waals surface area contributed by atoms with Gasteiger partial charge in [-0.1, -0.05) is 30.3 Å². The van der Waals surface area contributed by atoms with Crippen LogP contribution in [0.2, 0.25) is 0 Å². The number of nitrogens with zero attached hydrogens (tertiary/aromatic N) is 3. The van der Waals surface area contributed by atoms with Crippen LogP contribution in [-0.2, 0) is 4.79 Å². The predicted octanol–water partition coefficient (Wildman–Crippen LogP) is 3.20. The SMILES string of the molecule is O=C(CN1CCN(C(=O)c2ccccc2Nc2ccccc2)CC1)N1CCCCC1. The van der Waals surface area contributed by atoms with Crippen molar-refractivity contribution in [2.24, 2.45) is 0 Å². The van der Waals surface area contributed by atoms with Gasteiger partial charge in [0.1, 0.15) is 0 Å². The fraction of sp³-hybridized carbons (Fsp3) is 0.417. The Bertz CT molecular complexity index is 857. The summed E-state index contributed by atoms with van der Waals surface area (Å²) in [5.41, 5.74) is 2.45. The van der Waals surface area contributed by atoms with Crippen molar-refractivity contribution in [3.8, 4) is 0 Å². The number of hydrogen-bond donors (Lipinski definition) is 1. The molecular formula is C24H30N4O2. The minimum absolute atomic E-state index is 0.0380. The van der Waals surface area contributed by atoms with E-state index in [1.165, 1.54) is 6.42 Å². The summed E-state index contributed by atoms with van der Waals surface area (Å²) < 4.78 is 0. The molecule has 0 spiro atoms. The maximum atomic E-state index is 13.2. The molecule has 0 aromatic heterocycles. The standard InChI is InChI=1S/C24H30N4O2/c29-23(27-13-7-2-8-14-27)19-26-15-17-28(18-16-26)24(30)21-11-5-6-12-22(21)25-20-9-3-1-4-10-20/h1,3-6,9-12,25H,2,7-8,13-19H2. The van der Waals surface area contributed by atoms with Crippen LogP contribution in [0.5, 0.6) is 0 Å². The van der Waals surface area contributed by atoms with Crippen LogP contribution in [0.15, 0.2) is 54.6 Å². The van der Waals surface area contributed by atoms with Gasteiger partial charge in [0.05, 0.1) is 17.8 Å². The number of benzene rings is 2. The van der Waals surface area contributed by atoms with Gasteiger partial charge in [-0.05, 0) is 43.5 Å². The van der Waals surface area contributed by atoms with Gasteiger partial charge >= 0.3 is 0 Å². The van der Waals surface area contributed by atoms with Crippen molar-refractivity contribution in [2.45, 2.75) is 19.3 Å². The summed E-state index contributed by atoms with van der Waals surface area (Å²) >= 11 is 0. The maximum Gasteiger partial charge on any atom is 0.256 e. The van der Waals surface area contributed by atoms with Gasteiger partial charge in [-0.3, -0.25) is 14.5 Å². The van der Waals surface area contributed by atoms with Gasteiger partial charge in [0.25, 0.3) is 5.91 Å². The van der Waals surface area contributed by atoms with E-state index in [-0.39, 0.29) is 11.8 Å². The molecule has 0 bridgehead atoms. The zero-order valence-electron chi connectivity index (χ0n) is 17.4. The third kappa shape index (κ3) is 5.00. The molecule has 6 heteroatoms. The molecule has 2 aromatic carbocycles. The average molecular weight is 407 g/mol. The summed E-state index contributed by atoms with van der Waals surface area (Å²) in [6.07, 6.45) is 3.46. The highest BCUT2D eigenvalue weighted by Crippen LogP contribution is 2.22. The Morgan fingerprint density at radius 1 is 0.733 bits per heavy atom. The molecule has 0 atom stereocenters. The monoisotopic (exact) mass is 406 g/mol. The Balaban J connectivity index is 1.34. The minimum Gasteiger partial charge on any atom is -0.355 e. The number of piperazine rings is 1. The number of hydrogen-bond acceptors (Lipinski definition) is 4. The number of likely N-dealkylation sites (tertiary alicyclic amines) is 1. The zero-order chi connectivity index (χ0) is 20.8. The van der Waals surface area contributed by atoms with Crippen molar-refractivity contribution in [1.82, 2.24) is 14.7 Å². The van der Waals surface area contributed by atoms with E-state index in [1.807, 2.05) is 64.4 Å². The topological polar surface area (TPSA) is 55.9 Å². The summed E-state index contributed by atoms with van der Waals surface area (Å²) in [7, 11) is 0. The summed E-state index contributed by atoms with van der Waals surface area (Å²) in [6, 6.07) is 17.5. The molecular weight excluding hydrogens is 376 g/mol. The van der Waals surface area contributed by atoms with E-state index in [4.69, 9.17) is 0 Å². The predicted molar refractivity (Wildman–Crippen MR) is 119 cm³/mol. The lowest BCUT2D eigenvalue weighted by molar-refractivity contribution is -0.133. The molecule has 2 saturated heterocycles. The Morgan fingerprint density at radius 2 is 1.40 bits per heavy atom. The highest BCUT2D eigenvalue weighted by Gasteiger charge is 2.26. The van der Waals surface area contributed by atoms with E-state index >= 15 is 0 Å². The first-order valence-electron chi connectivity index (χ1n) is 10.9. The molecule has 0 unspecified atom stereocenters. The van der Waals surface area contributed by atoms with Crippen LogP contribution in [0.4, 0.5) is 11.4 Å². The van der Waals surface area contributed by atoms with Crippen LogP contribution in [0.1, 0.15) is 29.6 Å². The molecule has 2 aliphatic heterocycles. The minimum atomic E-state index is 0.0380. The van der Waals surface area contributed by atoms with Crippen LogP contribution in [0.3, 0.4) is 0 Å². The second kappa shape index (κ2) is 9.76. The number of piperidine rings is 1. The van der Waals surface area contributed by atoms with Gasteiger partial charge in [0.15, 0.2) is 0 Å². The largest absolute Gasteiger partial charge is 0.355 e. The normalized spacial score (nSPS) is 17.6. The number of rotatable bonds is 5. The molecule has 30 heavy (non-hydrogen) atoms. The summed E-state index contributed by atoms with van der Waals surface area (Å²) in [5.74, 6) is 0.267. The number of amides is 2. The Labute approximate surface area is 178 Å². The van der Waals surface area contributed by atoms with Crippen LogP contribution >= 0.6 is 0 Å². The molecule has 2 aliphatic rings. The van der Waals surface area contributed by atoms with E-state index in [2.05, 4.69) is 10.2 Å². The average Bonchev–Trinajstić information content (AvgIpc) is 2.81. The van der Waals surface area contributed by atoms with Crippen LogP contribution in [-0.4, -0.2) is 72.3 Å². The highest BCUT2D eigenvalue weighted by molar-refractivity contribution is 6.00. The molecule has 4 rings (SSSR count). The maximum absolute atomic E-state index is 13.2. The van der Waals surface area contributed by atoms with E-state index in [0.717, 1.165) is 50.4 Å². The van der Waals surface area contributed by atoms with Gasteiger partial charge in [-0.25, -0.2) is 0 Å². The van der Waals surface area contributed by atoms with E-state index in [9.17, 15) is 9.59 Å². The number of nitrogens with one attached hydrogen (secondary N) is 1. The third-order valence-electron chi connectivity index (χ3n) is 5.94. The quantitative estimate of drug-likeness (QED) is 0.829. The molecule has 2 amide bonds. The molecule has 2 fully saturated rings. The molecule has 0 saturated carbocycles. The van der Waals surface area contributed by atoms with Crippen molar-refractivity contribution in [3.63, 3.8) is 0 Å². The van der Waals surface area contributed by atoms with Crippen LogP contribution < -0.4 is 5.32 Å².